The Hall–Kier alpha value is -1.26. The van der Waals surface area contributed by atoms with Crippen molar-refractivity contribution in [2.24, 2.45) is 4.99 Å². The minimum atomic E-state index is -4.55. The van der Waals surface area contributed by atoms with Crippen LogP contribution in [-0.2, 0) is 11.9 Å². The molecule has 0 N–H and O–H groups in total. The van der Waals surface area contributed by atoms with Crippen LogP contribution in [-0.4, -0.2) is 36.9 Å². The number of halogens is 4. The van der Waals surface area contributed by atoms with E-state index in [1.165, 1.54) is 23.9 Å². The van der Waals surface area contributed by atoms with Crippen LogP contribution in [0.2, 0.25) is 5.02 Å². The fourth-order valence-corrected chi connectivity index (χ4v) is 4.02. The molecule has 1 aliphatic heterocycles. The van der Waals surface area contributed by atoms with Crippen LogP contribution >= 0.6 is 35.1 Å². The third-order valence-electron chi connectivity index (χ3n) is 2.91. The molecule has 2 heterocycles. The number of thioether (sulfide) groups is 2. The Morgan fingerprint density at radius 2 is 2.17 bits per heavy atom. The Kier molecular flexibility index (Phi) is 4.83. The molecule has 11 heteroatoms. The maximum atomic E-state index is 13.2. The molecule has 0 saturated carbocycles. The predicted molar refractivity (Wildman–Crippen MR) is 85.2 cm³/mol. The van der Waals surface area contributed by atoms with Crippen molar-refractivity contribution >= 4 is 39.5 Å². The van der Waals surface area contributed by atoms with Crippen molar-refractivity contribution in [1.82, 2.24) is 20.2 Å². The van der Waals surface area contributed by atoms with Crippen LogP contribution in [0.5, 0.6) is 0 Å². The summed E-state index contributed by atoms with van der Waals surface area (Å²) in [7, 11) is 0. The summed E-state index contributed by atoms with van der Waals surface area (Å²) in [6, 6.07) is 3.51. The van der Waals surface area contributed by atoms with Gasteiger partial charge in [0.05, 0.1) is 23.5 Å². The average Bonchev–Trinajstić information content (AvgIpc) is 3.15. The second-order valence-electron chi connectivity index (χ2n) is 4.45. The fraction of sp³-hybridized carbons (Fsp3) is 0.333. The number of benzene rings is 1. The van der Waals surface area contributed by atoms with Crippen molar-refractivity contribution in [3.8, 4) is 5.69 Å². The molecule has 0 aliphatic carbocycles. The van der Waals surface area contributed by atoms with Crippen LogP contribution in [0.4, 0.5) is 13.2 Å². The van der Waals surface area contributed by atoms with Crippen LogP contribution in [0, 0.1) is 0 Å². The maximum Gasteiger partial charge on any atom is 0.418 e. The van der Waals surface area contributed by atoms with E-state index in [2.05, 4.69) is 20.5 Å². The highest BCUT2D eigenvalue weighted by Crippen LogP contribution is 2.36. The van der Waals surface area contributed by atoms with Gasteiger partial charge < -0.3 is 0 Å². The summed E-state index contributed by atoms with van der Waals surface area (Å²) in [5, 5.41) is 11.0. The van der Waals surface area contributed by atoms with Crippen molar-refractivity contribution in [3.63, 3.8) is 0 Å². The number of alkyl halides is 3. The molecule has 1 aromatic carbocycles. The Morgan fingerprint density at radius 3 is 2.87 bits per heavy atom. The van der Waals surface area contributed by atoms with Gasteiger partial charge in [-0.15, -0.1) is 5.10 Å². The molecular weight excluding hydrogens is 371 g/mol. The van der Waals surface area contributed by atoms with Crippen molar-refractivity contribution in [2.75, 3.05) is 12.3 Å². The number of aliphatic imine (C=N–C) groups is 1. The van der Waals surface area contributed by atoms with Crippen molar-refractivity contribution in [2.45, 2.75) is 11.9 Å². The average molecular weight is 380 g/mol. The van der Waals surface area contributed by atoms with Gasteiger partial charge in [0.1, 0.15) is 4.38 Å². The predicted octanol–water partition coefficient (Wildman–Crippen LogP) is 3.67. The Balaban J connectivity index is 1.92. The zero-order valence-corrected chi connectivity index (χ0v) is 13.8. The minimum Gasteiger partial charge on any atom is -0.271 e. The highest BCUT2D eigenvalue weighted by atomic mass is 35.5. The van der Waals surface area contributed by atoms with Gasteiger partial charge in [-0.2, -0.15) is 17.9 Å². The van der Waals surface area contributed by atoms with Crippen LogP contribution in [0.15, 0.2) is 23.2 Å². The van der Waals surface area contributed by atoms with E-state index in [-0.39, 0.29) is 10.7 Å². The minimum absolute atomic E-state index is 0.00165. The Labute approximate surface area is 142 Å². The first-order chi connectivity index (χ1) is 10.9. The van der Waals surface area contributed by atoms with Gasteiger partial charge >= 0.3 is 6.18 Å². The van der Waals surface area contributed by atoms with Crippen LogP contribution < -0.4 is 0 Å². The lowest BCUT2D eigenvalue weighted by Crippen LogP contribution is -2.13. The summed E-state index contributed by atoms with van der Waals surface area (Å²) in [5.41, 5.74) is -1.03. The third-order valence-corrected chi connectivity index (χ3v) is 5.39. The molecule has 0 radical (unpaired) electrons. The Bertz CT molecular complexity index is 747. The van der Waals surface area contributed by atoms with Gasteiger partial charge in [-0.3, -0.25) is 4.99 Å². The zero-order valence-electron chi connectivity index (χ0n) is 11.4. The summed E-state index contributed by atoms with van der Waals surface area (Å²) in [4.78, 5) is 4.27. The molecule has 1 aliphatic rings. The fourth-order valence-electron chi connectivity index (χ4n) is 1.93. The van der Waals surface area contributed by atoms with Crippen molar-refractivity contribution < 1.29 is 13.2 Å². The first-order valence-electron chi connectivity index (χ1n) is 6.39. The van der Waals surface area contributed by atoms with E-state index >= 15 is 0 Å². The van der Waals surface area contributed by atoms with Crippen LogP contribution in [0.3, 0.4) is 0 Å². The molecule has 1 aromatic heterocycles. The summed E-state index contributed by atoms with van der Waals surface area (Å²) in [6.45, 7) is 0.757. The number of aromatic nitrogens is 4. The quantitative estimate of drug-likeness (QED) is 0.814. The first-order valence-corrected chi connectivity index (χ1v) is 8.74. The van der Waals surface area contributed by atoms with Crippen LogP contribution in [0.1, 0.15) is 11.4 Å². The van der Waals surface area contributed by atoms with Gasteiger partial charge in [-0.05, 0) is 28.6 Å². The first kappa shape index (κ1) is 16.6. The van der Waals surface area contributed by atoms with E-state index in [0.29, 0.717) is 11.6 Å². The maximum absolute atomic E-state index is 13.2. The summed E-state index contributed by atoms with van der Waals surface area (Å²) in [6.07, 6.45) is -4.55. The van der Waals surface area contributed by atoms with E-state index in [9.17, 15) is 13.2 Å². The van der Waals surface area contributed by atoms with E-state index in [4.69, 9.17) is 11.6 Å². The highest BCUT2D eigenvalue weighted by Gasteiger charge is 2.35. The Morgan fingerprint density at radius 1 is 1.35 bits per heavy atom. The smallest absolute Gasteiger partial charge is 0.271 e. The second kappa shape index (κ2) is 6.70. The normalized spacial score (nSPS) is 15.0. The molecule has 0 bridgehead atoms. The van der Waals surface area contributed by atoms with Crippen LogP contribution in [0.25, 0.3) is 5.69 Å². The topological polar surface area (TPSA) is 56.0 Å². The molecule has 3 rings (SSSR count). The lowest BCUT2D eigenvalue weighted by molar-refractivity contribution is -0.137. The molecular formula is C12H9ClF3N5S2. The molecule has 0 spiro atoms. The number of nitrogens with zero attached hydrogens (tertiary/aromatic N) is 5. The van der Waals surface area contributed by atoms with Gasteiger partial charge in [0.15, 0.2) is 5.82 Å². The van der Waals surface area contributed by atoms with Crippen molar-refractivity contribution in [3.05, 3.63) is 34.6 Å². The molecule has 2 aromatic rings. The zero-order chi connectivity index (χ0) is 16.4. The second-order valence-corrected chi connectivity index (χ2v) is 7.19. The summed E-state index contributed by atoms with van der Waals surface area (Å²) >= 11 is 8.71. The SMILES string of the molecule is FC(F)(F)c1cc(Cl)ccc1-n1nnnc1CSC1=NCCS1. The summed E-state index contributed by atoms with van der Waals surface area (Å²) < 4.78 is 41.6. The molecule has 0 atom stereocenters. The number of rotatable bonds is 3. The standard InChI is InChI=1S/C12H9ClF3N5S2/c13-7-1-2-9(8(5-7)12(14,15)16)21-10(18-19-20-21)6-23-11-17-3-4-22-11/h1-2,5H,3-4,6H2. The van der Waals surface area contributed by atoms with E-state index < -0.39 is 11.7 Å². The molecule has 5 nitrogen and oxygen atoms in total. The van der Waals surface area contributed by atoms with Gasteiger partial charge in [0.2, 0.25) is 0 Å². The van der Waals surface area contributed by atoms with Gasteiger partial charge in [0.25, 0.3) is 0 Å². The molecule has 0 saturated heterocycles. The molecule has 0 fully saturated rings. The number of tetrazole rings is 1. The van der Waals surface area contributed by atoms with Gasteiger partial charge in [-0.1, -0.05) is 35.1 Å². The number of hydrogen-bond acceptors (Lipinski definition) is 6. The third kappa shape index (κ3) is 3.81. The van der Waals surface area contributed by atoms with Gasteiger partial charge in [-0.25, -0.2) is 0 Å². The van der Waals surface area contributed by atoms with E-state index in [1.807, 2.05) is 0 Å². The molecule has 0 amide bonds. The number of hydrogen-bond donors (Lipinski definition) is 0. The van der Waals surface area contributed by atoms with E-state index in [1.54, 1.807) is 11.8 Å². The van der Waals surface area contributed by atoms with Gasteiger partial charge in [0, 0.05) is 10.8 Å². The molecule has 122 valence electrons. The summed E-state index contributed by atoms with van der Waals surface area (Å²) in [5.74, 6) is 1.57. The molecule has 0 unspecified atom stereocenters. The monoisotopic (exact) mass is 379 g/mol. The molecule has 23 heavy (non-hydrogen) atoms. The highest BCUT2D eigenvalue weighted by molar-refractivity contribution is 8.38. The van der Waals surface area contributed by atoms with E-state index in [0.717, 1.165) is 27.4 Å². The van der Waals surface area contributed by atoms with Crippen molar-refractivity contribution in [1.29, 1.82) is 0 Å². The largest absolute Gasteiger partial charge is 0.418 e. The lowest BCUT2D eigenvalue weighted by Gasteiger charge is -2.13. The lowest BCUT2D eigenvalue weighted by atomic mass is 10.1.